The number of methoxy groups -OCH3 is 1. The van der Waals surface area contributed by atoms with Crippen molar-refractivity contribution in [2.75, 3.05) is 19.0 Å². The van der Waals surface area contributed by atoms with Crippen molar-refractivity contribution in [2.24, 2.45) is 0 Å². The molecule has 0 unspecified atom stereocenters. The summed E-state index contributed by atoms with van der Waals surface area (Å²) in [6.45, 7) is 2.06. The lowest BCUT2D eigenvalue weighted by molar-refractivity contribution is -0.111. The molecule has 0 aliphatic carbocycles. The predicted octanol–water partition coefficient (Wildman–Crippen LogP) is 4.27. The Balaban J connectivity index is 1.64. The minimum absolute atomic E-state index is 0.308. The summed E-state index contributed by atoms with van der Waals surface area (Å²) in [4.78, 5) is 23.7. The van der Waals surface area contributed by atoms with E-state index in [-0.39, 0.29) is 5.91 Å². The quantitative estimate of drug-likeness (QED) is 0.521. The zero-order valence-corrected chi connectivity index (χ0v) is 15.0. The summed E-state index contributed by atoms with van der Waals surface area (Å²) in [6.07, 6.45) is 2.98. The SMILES string of the molecule is CCOC(=O)c1ccc(NC(=O)/C=C/c2cc3cc(OC)ccc3o2)cc1. The van der Waals surface area contributed by atoms with Crippen LogP contribution in [-0.4, -0.2) is 25.6 Å². The molecule has 1 aromatic heterocycles. The molecule has 0 atom stereocenters. The summed E-state index contributed by atoms with van der Waals surface area (Å²) in [5, 5.41) is 3.62. The van der Waals surface area contributed by atoms with Crippen LogP contribution in [0.1, 0.15) is 23.0 Å². The van der Waals surface area contributed by atoms with Gasteiger partial charge in [-0.3, -0.25) is 4.79 Å². The summed E-state index contributed by atoms with van der Waals surface area (Å²) in [5.74, 6) is 0.600. The van der Waals surface area contributed by atoms with Crippen LogP contribution in [0.25, 0.3) is 17.0 Å². The number of rotatable bonds is 6. The summed E-state index contributed by atoms with van der Waals surface area (Å²) in [5.41, 5.74) is 1.72. The van der Waals surface area contributed by atoms with Crippen molar-refractivity contribution in [2.45, 2.75) is 6.92 Å². The first kappa shape index (κ1) is 18.3. The molecule has 0 bridgehead atoms. The number of fused-ring (bicyclic) bond motifs is 1. The Kier molecular flexibility index (Phi) is 5.56. The van der Waals surface area contributed by atoms with Crippen molar-refractivity contribution in [3.8, 4) is 5.75 Å². The van der Waals surface area contributed by atoms with Crippen molar-refractivity contribution in [1.82, 2.24) is 0 Å². The molecule has 138 valence electrons. The van der Waals surface area contributed by atoms with Crippen LogP contribution in [0.15, 0.2) is 59.0 Å². The average Bonchev–Trinajstić information content (AvgIpc) is 3.09. The van der Waals surface area contributed by atoms with E-state index >= 15 is 0 Å². The summed E-state index contributed by atoms with van der Waals surface area (Å²) in [7, 11) is 1.60. The number of carbonyl (C=O) groups is 2. The average molecular weight is 365 g/mol. The van der Waals surface area contributed by atoms with E-state index < -0.39 is 5.97 Å². The van der Waals surface area contributed by atoms with Gasteiger partial charge in [0.05, 0.1) is 19.3 Å². The number of furan rings is 1. The lowest BCUT2D eigenvalue weighted by atomic mass is 10.2. The Morgan fingerprint density at radius 1 is 1.11 bits per heavy atom. The minimum Gasteiger partial charge on any atom is -0.497 e. The van der Waals surface area contributed by atoms with Gasteiger partial charge in [0.15, 0.2) is 0 Å². The van der Waals surface area contributed by atoms with Crippen molar-refractivity contribution in [3.63, 3.8) is 0 Å². The molecule has 27 heavy (non-hydrogen) atoms. The highest BCUT2D eigenvalue weighted by atomic mass is 16.5. The molecule has 0 aliphatic heterocycles. The maximum Gasteiger partial charge on any atom is 0.338 e. The third-order valence-corrected chi connectivity index (χ3v) is 3.81. The molecular formula is C21H19NO5. The zero-order chi connectivity index (χ0) is 19.2. The fraction of sp³-hybridized carbons (Fsp3) is 0.143. The number of anilines is 1. The number of esters is 1. The number of benzene rings is 2. The van der Waals surface area contributed by atoms with E-state index in [1.807, 2.05) is 24.3 Å². The molecule has 3 rings (SSSR count). The highest BCUT2D eigenvalue weighted by Gasteiger charge is 2.07. The van der Waals surface area contributed by atoms with Crippen LogP contribution in [0.4, 0.5) is 5.69 Å². The van der Waals surface area contributed by atoms with Gasteiger partial charge in [-0.1, -0.05) is 0 Å². The van der Waals surface area contributed by atoms with E-state index in [1.165, 1.54) is 6.08 Å². The van der Waals surface area contributed by atoms with E-state index in [1.54, 1.807) is 44.4 Å². The van der Waals surface area contributed by atoms with Crippen molar-refractivity contribution >= 4 is 34.6 Å². The maximum atomic E-state index is 12.1. The van der Waals surface area contributed by atoms with Crippen LogP contribution in [0, 0.1) is 0 Å². The first-order valence-electron chi connectivity index (χ1n) is 8.43. The molecule has 3 aromatic rings. The van der Waals surface area contributed by atoms with Gasteiger partial charge in [0.2, 0.25) is 5.91 Å². The Morgan fingerprint density at radius 3 is 2.59 bits per heavy atom. The van der Waals surface area contributed by atoms with E-state index in [2.05, 4.69) is 5.32 Å². The lowest BCUT2D eigenvalue weighted by Gasteiger charge is -2.04. The summed E-state index contributed by atoms with van der Waals surface area (Å²) >= 11 is 0. The maximum absolute atomic E-state index is 12.1. The van der Waals surface area contributed by atoms with Crippen molar-refractivity contribution in [3.05, 3.63) is 65.9 Å². The molecule has 1 N–H and O–H groups in total. The topological polar surface area (TPSA) is 77.8 Å². The fourth-order valence-electron chi connectivity index (χ4n) is 2.50. The van der Waals surface area contributed by atoms with Gasteiger partial charge in [-0.2, -0.15) is 0 Å². The fourth-order valence-corrected chi connectivity index (χ4v) is 2.50. The van der Waals surface area contributed by atoms with Gasteiger partial charge in [-0.15, -0.1) is 0 Å². The zero-order valence-electron chi connectivity index (χ0n) is 15.0. The molecule has 1 amide bonds. The van der Waals surface area contributed by atoms with E-state index in [0.29, 0.717) is 29.2 Å². The number of ether oxygens (including phenoxy) is 2. The predicted molar refractivity (Wildman–Crippen MR) is 103 cm³/mol. The van der Waals surface area contributed by atoms with Crippen molar-refractivity contribution < 1.29 is 23.5 Å². The molecule has 6 heteroatoms. The molecule has 0 spiro atoms. The molecule has 1 heterocycles. The first-order valence-corrected chi connectivity index (χ1v) is 8.43. The van der Waals surface area contributed by atoms with Crippen LogP contribution >= 0.6 is 0 Å². The monoisotopic (exact) mass is 365 g/mol. The molecule has 6 nitrogen and oxygen atoms in total. The van der Waals surface area contributed by atoms with Crippen LogP contribution in [0.3, 0.4) is 0 Å². The first-order chi connectivity index (χ1) is 13.1. The molecule has 0 saturated heterocycles. The Labute approximate surface area is 156 Å². The second-order valence-electron chi connectivity index (χ2n) is 5.67. The number of hydrogen-bond acceptors (Lipinski definition) is 5. The smallest absolute Gasteiger partial charge is 0.338 e. The van der Waals surface area contributed by atoms with E-state index in [9.17, 15) is 9.59 Å². The lowest BCUT2D eigenvalue weighted by Crippen LogP contribution is -2.08. The number of amides is 1. The largest absolute Gasteiger partial charge is 0.497 e. The molecule has 0 aliphatic rings. The van der Waals surface area contributed by atoms with Crippen LogP contribution in [0.5, 0.6) is 5.75 Å². The molecule has 2 aromatic carbocycles. The Hall–Kier alpha value is -3.54. The van der Waals surface area contributed by atoms with Gasteiger partial charge < -0.3 is 19.2 Å². The Morgan fingerprint density at radius 2 is 1.89 bits per heavy atom. The number of nitrogens with one attached hydrogen (secondary N) is 1. The van der Waals surface area contributed by atoms with Gasteiger partial charge in [0.1, 0.15) is 17.1 Å². The third-order valence-electron chi connectivity index (χ3n) is 3.81. The summed E-state index contributed by atoms with van der Waals surface area (Å²) < 4.78 is 15.8. The molecule has 0 fully saturated rings. The van der Waals surface area contributed by atoms with Crippen LogP contribution in [-0.2, 0) is 9.53 Å². The van der Waals surface area contributed by atoms with Crippen LogP contribution in [0.2, 0.25) is 0 Å². The van der Waals surface area contributed by atoms with Gasteiger partial charge >= 0.3 is 5.97 Å². The number of carbonyl (C=O) groups excluding carboxylic acids is 2. The highest BCUT2D eigenvalue weighted by Crippen LogP contribution is 2.24. The normalized spacial score (nSPS) is 10.9. The summed E-state index contributed by atoms with van der Waals surface area (Å²) in [6, 6.07) is 13.8. The van der Waals surface area contributed by atoms with Gasteiger partial charge in [0, 0.05) is 17.1 Å². The van der Waals surface area contributed by atoms with Gasteiger partial charge in [-0.05, 0) is 61.5 Å². The standard InChI is InChI=1S/C21H19NO5/c1-3-26-21(24)14-4-6-16(7-5-14)22-20(23)11-9-18-13-15-12-17(25-2)8-10-19(15)27-18/h4-13H,3H2,1-2H3,(H,22,23)/b11-9+. The highest BCUT2D eigenvalue weighted by molar-refractivity contribution is 6.02. The Bertz CT molecular complexity index is 985. The van der Waals surface area contributed by atoms with Gasteiger partial charge in [-0.25, -0.2) is 4.79 Å². The van der Waals surface area contributed by atoms with E-state index in [4.69, 9.17) is 13.9 Å². The molecular weight excluding hydrogens is 346 g/mol. The molecule has 0 radical (unpaired) electrons. The third kappa shape index (κ3) is 4.55. The van der Waals surface area contributed by atoms with Crippen LogP contribution < -0.4 is 10.1 Å². The number of hydrogen-bond donors (Lipinski definition) is 1. The molecule has 0 saturated carbocycles. The second-order valence-corrected chi connectivity index (χ2v) is 5.67. The minimum atomic E-state index is -0.392. The second kappa shape index (κ2) is 8.23. The van der Waals surface area contributed by atoms with Gasteiger partial charge in [0.25, 0.3) is 0 Å². The van der Waals surface area contributed by atoms with E-state index in [0.717, 1.165) is 11.1 Å². The van der Waals surface area contributed by atoms with Crippen molar-refractivity contribution in [1.29, 1.82) is 0 Å².